The molecule has 11 heteroatoms. The van der Waals surface area contributed by atoms with E-state index < -0.39 is 23.9 Å². The summed E-state index contributed by atoms with van der Waals surface area (Å²) in [5.74, 6) is -0.0347. The van der Waals surface area contributed by atoms with Gasteiger partial charge in [0, 0.05) is 49.4 Å². The largest absolute Gasteiger partial charge is 0.368 e. The average molecular weight is 612 g/mol. The van der Waals surface area contributed by atoms with E-state index in [0.717, 1.165) is 11.1 Å². The number of hydrogen-bond donors (Lipinski definition) is 4. The molecule has 9 nitrogen and oxygen atoms in total. The van der Waals surface area contributed by atoms with Crippen LogP contribution in [0.3, 0.4) is 0 Å². The van der Waals surface area contributed by atoms with Gasteiger partial charge < -0.3 is 26.6 Å². The maximum atomic E-state index is 14.1. The molecule has 2 aromatic rings. The predicted molar refractivity (Wildman–Crippen MR) is 169 cm³/mol. The number of nitrogens with one attached hydrogen (secondary N) is 3. The molecule has 0 saturated carbocycles. The molecule has 0 radical (unpaired) electrons. The highest BCUT2D eigenvalue weighted by Gasteiger charge is 2.36. The van der Waals surface area contributed by atoms with Gasteiger partial charge in [0.2, 0.25) is 23.6 Å². The highest BCUT2D eigenvalue weighted by atomic mass is 33.1. The Bertz CT molecular complexity index is 1190. The molecular weight excluding hydrogens is 571 g/mol. The zero-order chi connectivity index (χ0) is 29.7. The van der Waals surface area contributed by atoms with Crippen LogP contribution in [0.25, 0.3) is 0 Å². The van der Waals surface area contributed by atoms with E-state index in [1.807, 2.05) is 60.7 Å². The van der Waals surface area contributed by atoms with Gasteiger partial charge in [-0.3, -0.25) is 19.2 Å². The minimum Gasteiger partial charge on any atom is -0.368 e. The first-order valence-electron chi connectivity index (χ1n) is 14.6. The smallest absolute Gasteiger partial charge is 0.240 e. The maximum absolute atomic E-state index is 14.1. The van der Waals surface area contributed by atoms with Crippen molar-refractivity contribution in [2.75, 3.05) is 31.1 Å². The summed E-state index contributed by atoms with van der Waals surface area (Å²) in [7, 11) is 3.27. The van der Waals surface area contributed by atoms with Gasteiger partial charge in [-0.15, -0.1) is 0 Å². The molecule has 4 atom stereocenters. The zero-order valence-electron chi connectivity index (χ0n) is 23.8. The molecule has 226 valence electrons. The van der Waals surface area contributed by atoms with Crippen LogP contribution in [0.15, 0.2) is 60.7 Å². The van der Waals surface area contributed by atoms with E-state index >= 15 is 0 Å². The van der Waals surface area contributed by atoms with Crippen molar-refractivity contribution in [3.63, 3.8) is 0 Å². The molecular formula is C31H41N5O4S2. The Balaban J connectivity index is 1.56. The van der Waals surface area contributed by atoms with E-state index in [9.17, 15) is 19.2 Å². The SMILES string of the molecule is NC(=O)C(Cc1ccccc1)N1CCCNC(=O)CCCNC(Cc2ccccc2)C(=O)NC2CSSCC(C2)C1=O. The van der Waals surface area contributed by atoms with E-state index in [1.54, 1.807) is 26.5 Å². The van der Waals surface area contributed by atoms with Gasteiger partial charge in [0.05, 0.1) is 6.04 Å². The van der Waals surface area contributed by atoms with Crippen LogP contribution in [0.5, 0.6) is 0 Å². The van der Waals surface area contributed by atoms with Crippen LogP contribution in [-0.2, 0) is 32.0 Å². The molecule has 5 N–H and O–H groups in total. The van der Waals surface area contributed by atoms with E-state index in [0.29, 0.717) is 69.7 Å². The number of rotatable bonds is 6. The third-order valence-electron chi connectivity index (χ3n) is 7.61. The van der Waals surface area contributed by atoms with Crippen LogP contribution < -0.4 is 21.7 Å². The molecule has 0 aliphatic carbocycles. The lowest BCUT2D eigenvalue weighted by Gasteiger charge is -2.33. The molecule has 2 bridgehead atoms. The Morgan fingerprint density at radius 3 is 2.33 bits per heavy atom. The third-order valence-corrected chi connectivity index (χ3v) is 10.2. The second-order valence-corrected chi connectivity index (χ2v) is 13.4. The number of nitrogens with zero attached hydrogens (tertiary/aromatic N) is 1. The van der Waals surface area contributed by atoms with Gasteiger partial charge in [-0.2, -0.15) is 0 Å². The van der Waals surface area contributed by atoms with Crippen molar-refractivity contribution >= 4 is 45.2 Å². The topological polar surface area (TPSA) is 134 Å². The second kappa shape index (κ2) is 16.6. The van der Waals surface area contributed by atoms with Gasteiger partial charge in [0.15, 0.2) is 0 Å². The number of amides is 4. The molecule has 2 aromatic carbocycles. The molecule has 42 heavy (non-hydrogen) atoms. The van der Waals surface area contributed by atoms with Gasteiger partial charge in [-0.05, 0) is 43.4 Å². The van der Waals surface area contributed by atoms with Crippen molar-refractivity contribution in [3.8, 4) is 0 Å². The zero-order valence-corrected chi connectivity index (χ0v) is 25.5. The number of primary amides is 1. The van der Waals surface area contributed by atoms with E-state index in [1.165, 1.54) is 0 Å². The summed E-state index contributed by atoms with van der Waals surface area (Å²) in [5, 5.41) is 9.51. The lowest BCUT2D eigenvalue weighted by Crippen LogP contribution is -2.53. The fraction of sp³-hybridized carbons (Fsp3) is 0.484. The first kappa shape index (κ1) is 31.9. The van der Waals surface area contributed by atoms with E-state index in [-0.39, 0.29) is 23.8 Å². The summed E-state index contributed by atoms with van der Waals surface area (Å²) in [4.78, 5) is 54.6. The van der Waals surface area contributed by atoms with Gasteiger partial charge in [0.1, 0.15) is 6.04 Å². The predicted octanol–water partition coefficient (Wildman–Crippen LogP) is 2.30. The Labute approximate surface area is 255 Å². The van der Waals surface area contributed by atoms with Crippen LogP contribution in [0.1, 0.15) is 36.8 Å². The first-order valence-corrected chi connectivity index (χ1v) is 17.1. The van der Waals surface area contributed by atoms with E-state index in [4.69, 9.17) is 5.73 Å². The molecule has 2 aliphatic heterocycles. The third kappa shape index (κ3) is 9.78. The molecule has 2 aliphatic rings. The standard InChI is InChI=1S/C31H41N5O4S2/c32-29(38)27(18-23-11-5-2-6-12-23)36-16-8-15-34-28(37)13-7-14-33-26(17-22-9-3-1-4-10-22)30(39)35-25-19-24(31(36)40)20-41-42-21-25/h1-6,9-12,24-27,33H,7-8,13-21H2,(H2,32,38)(H,34,37)(H,35,39). The first-order chi connectivity index (χ1) is 20.4. The summed E-state index contributed by atoms with van der Waals surface area (Å²) in [5.41, 5.74) is 7.85. The number of fused-ring (bicyclic) bond motifs is 2. The van der Waals surface area contributed by atoms with Crippen molar-refractivity contribution in [1.82, 2.24) is 20.9 Å². The lowest BCUT2D eigenvalue weighted by molar-refractivity contribution is -0.142. The quantitative estimate of drug-likeness (QED) is 0.369. The van der Waals surface area contributed by atoms with Crippen molar-refractivity contribution in [2.24, 2.45) is 11.7 Å². The van der Waals surface area contributed by atoms with Crippen LogP contribution in [0.4, 0.5) is 0 Å². The van der Waals surface area contributed by atoms with Crippen LogP contribution in [-0.4, -0.2) is 77.8 Å². The molecule has 2 saturated heterocycles. The minimum atomic E-state index is -0.814. The number of nitrogens with two attached hydrogens (primary N) is 1. The summed E-state index contributed by atoms with van der Waals surface area (Å²) < 4.78 is 0. The summed E-state index contributed by atoms with van der Waals surface area (Å²) in [6.07, 6.45) is 2.73. The Morgan fingerprint density at radius 2 is 1.62 bits per heavy atom. The molecule has 2 fully saturated rings. The summed E-state index contributed by atoms with van der Waals surface area (Å²) in [6.45, 7) is 1.22. The van der Waals surface area contributed by atoms with Crippen molar-refractivity contribution in [3.05, 3.63) is 71.8 Å². The van der Waals surface area contributed by atoms with Crippen molar-refractivity contribution in [2.45, 2.75) is 56.7 Å². The molecule has 4 rings (SSSR count). The Hall–Kier alpha value is -3.02. The van der Waals surface area contributed by atoms with Crippen LogP contribution in [0, 0.1) is 5.92 Å². The molecule has 0 aromatic heterocycles. The average Bonchev–Trinajstić information content (AvgIpc) is 3.23. The fourth-order valence-electron chi connectivity index (χ4n) is 5.37. The number of carbonyl (C=O) groups excluding carboxylic acids is 4. The Kier molecular flexibility index (Phi) is 12.6. The highest BCUT2D eigenvalue weighted by Crippen LogP contribution is 2.33. The number of carbonyl (C=O) groups is 4. The van der Waals surface area contributed by atoms with Gasteiger partial charge >= 0.3 is 0 Å². The van der Waals surface area contributed by atoms with Crippen LogP contribution in [0.2, 0.25) is 0 Å². The fourth-order valence-corrected chi connectivity index (χ4v) is 7.95. The van der Waals surface area contributed by atoms with Crippen LogP contribution >= 0.6 is 21.6 Å². The van der Waals surface area contributed by atoms with Gasteiger partial charge in [0.25, 0.3) is 0 Å². The maximum Gasteiger partial charge on any atom is 0.240 e. The molecule has 4 amide bonds. The summed E-state index contributed by atoms with van der Waals surface area (Å²) >= 11 is 0. The minimum absolute atomic E-state index is 0.0837. The molecule has 4 unspecified atom stereocenters. The second-order valence-electron chi connectivity index (χ2n) is 10.9. The number of benzene rings is 2. The lowest BCUT2D eigenvalue weighted by atomic mass is 9.97. The molecule has 0 spiro atoms. The van der Waals surface area contributed by atoms with Crippen molar-refractivity contribution in [1.29, 1.82) is 0 Å². The van der Waals surface area contributed by atoms with E-state index in [2.05, 4.69) is 16.0 Å². The molecule has 2 heterocycles. The Morgan fingerprint density at radius 1 is 0.929 bits per heavy atom. The normalized spacial score (nSPS) is 24.0. The monoisotopic (exact) mass is 611 g/mol. The van der Waals surface area contributed by atoms with Crippen molar-refractivity contribution < 1.29 is 19.2 Å². The van der Waals surface area contributed by atoms with Gasteiger partial charge in [-0.25, -0.2) is 0 Å². The van der Waals surface area contributed by atoms with Gasteiger partial charge in [-0.1, -0.05) is 82.3 Å². The summed E-state index contributed by atoms with van der Waals surface area (Å²) in [6, 6.07) is 17.9. The number of hydrogen-bond acceptors (Lipinski definition) is 7. The highest BCUT2D eigenvalue weighted by molar-refractivity contribution is 8.76.